The summed E-state index contributed by atoms with van der Waals surface area (Å²) >= 11 is 0. The Morgan fingerprint density at radius 3 is 2.76 bits per heavy atom. The second kappa shape index (κ2) is 5.68. The molecule has 4 heteroatoms. The Kier molecular flexibility index (Phi) is 4.52. The molecule has 3 N–H and O–H groups in total. The first kappa shape index (κ1) is 13.5. The van der Waals surface area contributed by atoms with Crippen LogP contribution in [0, 0.1) is 0 Å². The maximum absolute atomic E-state index is 11.2. The summed E-state index contributed by atoms with van der Waals surface area (Å²) in [5, 5.41) is 2.80. The van der Waals surface area contributed by atoms with E-state index in [0.717, 1.165) is 11.3 Å². The molecule has 0 aliphatic rings. The third-order valence-electron chi connectivity index (χ3n) is 2.76. The first-order valence-electron chi connectivity index (χ1n) is 5.61. The summed E-state index contributed by atoms with van der Waals surface area (Å²) in [6.07, 6.45) is 0. The van der Waals surface area contributed by atoms with E-state index in [-0.39, 0.29) is 17.9 Å². The van der Waals surface area contributed by atoms with Crippen molar-refractivity contribution in [3.8, 4) is 5.75 Å². The molecule has 1 amide bonds. The molecule has 0 unspecified atom stereocenters. The Bertz CT molecular complexity index is 389. The molecule has 0 saturated heterocycles. The van der Waals surface area contributed by atoms with Gasteiger partial charge in [-0.2, -0.15) is 0 Å². The molecular weight excluding hydrogens is 216 g/mol. The SMILES string of the molecule is COc1cccc(C(C)(C)CNC(=O)CN)c1. The number of carbonyl (C=O) groups excluding carboxylic acids is 1. The van der Waals surface area contributed by atoms with Crippen LogP contribution in [0.1, 0.15) is 19.4 Å². The quantitative estimate of drug-likeness (QED) is 0.803. The van der Waals surface area contributed by atoms with E-state index < -0.39 is 0 Å². The van der Waals surface area contributed by atoms with Crippen molar-refractivity contribution in [1.82, 2.24) is 5.32 Å². The molecular formula is C13H20N2O2. The summed E-state index contributed by atoms with van der Waals surface area (Å²) in [6, 6.07) is 7.85. The minimum absolute atomic E-state index is 0.0220. The van der Waals surface area contributed by atoms with E-state index in [0.29, 0.717) is 6.54 Å². The van der Waals surface area contributed by atoms with Gasteiger partial charge < -0.3 is 15.8 Å². The molecule has 0 bridgehead atoms. The topological polar surface area (TPSA) is 64.3 Å². The number of amides is 1. The average Bonchev–Trinajstić information content (AvgIpc) is 2.36. The van der Waals surface area contributed by atoms with Gasteiger partial charge in [-0.1, -0.05) is 26.0 Å². The van der Waals surface area contributed by atoms with Crippen molar-refractivity contribution in [2.24, 2.45) is 5.73 Å². The van der Waals surface area contributed by atoms with Gasteiger partial charge in [-0.15, -0.1) is 0 Å². The van der Waals surface area contributed by atoms with Crippen LogP contribution in [0.2, 0.25) is 0 Å². The van der Waals surface area contributed by atoms with E-state index >= 15 is 0 Å². The molecule has 1 aromatic carbocycles. The van der Waals surface area contributed by atoms with Crippen molar-refractivity contribution in [2.45, 2.75) is 19.3 Å². The van der Waals surface area contributed by atoms with Gasteiger partial charge >= 0.3 is 0 Å². The fraction of sp³-hybridized carbons (Fsp3) is 0.462. The number of ether oxygens (including phenoxy) is 1. The Labute approximate surface area is 102 Å². The zero-order valence-corrected chi connectivity index (χ0v) is 10.6. The number of hydrogen-bond acceptors (Lipinski definition) is 3. The van der Waals surface area contributed by atoms with Gasteiger partial charge in [0.1, 0.15) is 5.75 Å². The minimum atomic E-state index is -0.153. The van der Waals surface area contributed by atoms with Gasteiger partial charge in [0.2, 0.25) is 5.91 Å². The molecule has 0 saturated carbocycles. The molecule has 0 fully saturated rings. The fourth-order valence-electron chi connectivity index (χ4n) is 1.54. The first-order chi connectivity index (χ1) is 7.99. The third kappa shape index (κ3) is 3.75. The normalized spacial score (nSPS) is 11.1. The lowest BCUT2D eigenvalue weighted by atomic mass is 9.84. The van der Waals surface area contributed by atoms with Gasteiger partial charge in [-0.3, -0.25) is 4.79 Å². The van der Waals surface area contributed by atoms with E-state index in [4.69, 9.17) is 10.5 Å². The smallest absolute Gasteiger partial charge is 0.233 e. The van der Waals surface area contributed by atoms with Gasteiger partial charge in [0.05, 0.1) is 13.7 Å². The van der Waals surface area contributed by atoms with E-state index in [1.54, 1.807) is 7.11 Å². The fourth-order valence-corrected chi connectivity index (χ4v) is 1.54. The molecule has 94 valence electrons. The maximum Gasteiger partial charge on any atom is 0.233 e. The van der Waals surface area contributed by atoms with Crippen molar-refractivity contribution >= 4 is 5.91 Å². The van der Waals surface area contributed by atoms with Crippen LogP contribution in [-0.2, 0) is 10.2 Å². The molecule has 0 radical (unpaired) electrons. The molecule has 0 aliphatic carbocycles. The van der Waals surface area contributed by atoms with E-state index in [9.17, 15) is 4.79 Å². The molecule has 0 aromatic heterocycles. The predicted molar refractivity (Wildman–Crippen MR) is 68.1 cm³/mol. The number of nitrogens with two attached hydrogens (primary N) is 1. The van der Waals surface area contributed by atoms with Gasteiger partial charge in [0.25, 0.3) is 0 Å². The minimum Gasteiger partial charge on any atom is -0.497 e. The van der Waals surface area contributed by atoms with Crippen LogP contribution in [0.15, 0.2) is 24.3 Å². The van der Waals surface area contributed by atoms with Crippen molar-refractivity contribution in [3.05, 3.63) is 29.8 Å². The van der Waals surface area contributed by atoms with E-state index in [1.165, 1.54) is 0 Å². The van der Waals surface area contributed by atoms with Crippen LogP contribution in [0.25, 0.3) is 0 Å². The average molecular weight is 236 g/mol. The zero-order valence-electron chi connectivity index (χ0n) is 10.6. The summed E-state index contributed by atoms with van der Waals surface area (Å²) in [7, 11) is 1.64. The molecule has 17 heavy (non-hydrogen) atoms. The standard InChI is InChI=1S/C13H20N2O2/c1-13(2,9-15-12(16)8-14)10-5-4-6-11(7-10)17-3/h4-7H,8-9,14H2,1-3H3,(H,15,16). The van der Waals surface area contributed by atoms with Gasteiger partial charge in [-0.25, -0.2) is 0 Å². The summed E-state index contributed by atoms with van der Waals surface area (Å²) in [5.41, 5.74) is 6.22. The van der Waals surface area contributed by atoms with Crippen molar-refractivity contribution in [3.63, 3.8) is 0 Å². The number of benzene rings is 1. The Hall–Kier alpha value is -1.55. The first-order valence-corrected chi connectivity index (χ1v) is 5.61. The molecule has 1 aromatic rings. The number of nitrogens with one attached hydrogen (secondary N) is 1. The maximum atomic E-state index is 11.2. The summed E-state index contributed by atoms with van der Waals surface area (Å²) < 4.78 is 5.19. The number of methoxy groups -OCH3 is 1. The predicted octanol–water partition coefficient (Wildman–Crippen LogP) is 1.05. The second-order valence-electron chi connectivity index (χ2n) is 4.60. The van der Waals surface area contributed by atoms with E-state index in [1.807, 2.05) is 24.3 Å². The molecule has 4 nitrogen and oxygen atoms in total. The lowest BCUT2D eigenvalue weighted by Gasteiger charge is -2.26. The van der Waals surface area contributed by atoms with Crippen LogP contribution in [0.3, 0.4) is 0 Å². The molecule has 0 heterocycles. The summed E-state index contributed by atoms with van der Waals surface area (Å²) in [4.78, 5) is 11.2. The monoisotopic (exact) mass is 236 g/mol. The highest BCUT2D eigenvalue weighted by Gasteiger charge is 2.21. The van der Waals surface area contributed by atoms with Gasteiger partial charge in [-0.05, 0) is 17.7 Å². The highest BCUT2D eigenvalue weighted by atomic mass is 16.5. The number of carbonyl (C=O) groups is 1. The highest BCUT2D eigenvalue weighted by molar-refractivity contribution is 5.77. The van der Waals surface area contributed by atoms with Gasteiger partial charge in [0.15, 0.2) is 0 Å². The lowest BCUT2D eigenvalue weighted by molar-refractivity contribution is -0.119. The van der Waals surface area contributed by atoms with Crippen LogP contribution in [0.4, 0.5) is 0 Å². The van der Waals surface area contributed by atoms with Crippen molar-refractivity contribution < 1.29 is 9.53 Å². The molecule has 0 atom stereocenters. The van der Waals surface area contributed by atoms with Gasteiger partial charge in [0, 0.05) is 12.0 Å². The third-order valence-corrected chi connectivity index (χ3v) is 2.76. The Balaban J connectivity index is 2.77. The Morgan fingerprint density at radius 2 is 2.18 bits per heavy atom. The summed E-state index contributed by atoms with van der Waals surface area (Å²) in [5.74, 6) is 0.682. The molecule has 1 rings (SSSR count). The van der Waals surface area contributed by atoms with Crippen LogP contribution in [0.5, 0.6) is 5.75 Å². The number of rotatable bonds is 5. The molecule has 0 aliphatic heterocycles. The second-order valence-corrected chi connectivity index (χ2v) is 4.60. The van der Waals surface area contributed by atoms with E-state index in [2.05, 4.69) is 19.2 Å². The van der Waals surface area contributed by atoms with Crippen molar-refractivity contribution in [2.75, 3.05) is 20.2 Å². The number of hydrogen-bond donors (Lipinski definition) is 2. The Morgan fingerprint density at radius 1 is 1.47 bits per heavy atom. The van der Waals surface area contributed by atoms with Crippen LogP contribution in [-0.4, -0.2) is 26.1 Å². The largest absolute Gasteiger partial charge is 0.497 e. The zero-order chi connectivity index (χ0) is 12.9. The highest BCUT2D eigenvalue weighted by Crippen LogP contribution is 2.25. The van der Waals surface area contributed by atoms with Crippen LogP contribution >= 0.6 is 0 Å². The summed E-state index contributed by atoms with van der Waals surface area (Å²) in [6.45, 7) is 4.71. The lowest BCUT2D eigenvalue weighted by Crippen LogP contribution is -2.39. The van der Waals surface area contributed by atoms with Crippen LogP contribution < -0.4 is 15.8 Å². The molecule has 0 spiro atoms. The van der Waals surface area contributed by atoms with Crippen molar-refractivity contribution in [1.29, 1.82) is 0 Å².